The summed E-state index contributed by atoms with van der Waals surface area (Å²) in [5.41, 5.74) is 3.97. The molecule has 0 spiro atoms. The van der Waals surface area contributed by atoms with Crippen LogP contribution in [0.3, 0.4) is 0 Å². The van der Waals surface area contributed by atoms with Crippen LogP contribution >= 0.6 is 0 Å². The fourth-order valence-electron chi connectivity index (χ4n) is 5.21. The Hall–Kier alpha value is -3.12. The SMILES string of the molecule is COc1ccc(N2CCCCC2)cc1C(=O)N1CCOC[C@@H](Cc2cccc3cccnc23)C1. The Balaban J connectivity index is 1.37. The molecule has 6 heteroatoms. The molecule has 0 unspecified atom stereocenters. The van der Waals surface area contributed by atoms with Crippen LogP contribution in [0.25, 0.3) is 10.9 Å². The Kier molecular flexibility index (Phi) is 6.95. The maximum atomic E-state index is 13.7. The summed E-state index contributed by atoms with van der Waals surface area (Å²) in [7, 11) is 1.63. The number of para-hydroxylation sites is 1. The molecule has 1 atom stereocenters. The lowest BCUT2D eigenvalue weighted by Gasteiger charge is -2.30. The highest BCUT2D eigenvalue weighted by atomic mass is 16.5. The van der Waals surface area contributed by atoms with Crippen molar-refractivity contribution >= 4 is 22.5 Å². The molecular formula is C28H33N3O3. The first-order valence-electron chi connectivity index (χ1n) is 12.4. The molecule has 2 fully saturated rings. The van der Waals surface area contributed by atoms with E-state index in [1.807, 2.05) is 29.3 Å². The van der Waals surface area contributed by atoms with Crippen molar-refractivity contribution < 1.29 is 14.3 Å². The molecule has 2 aromatic carbocycles. The van der Waals surface area contributed by atoms with Crippen molar-refractivity contribution in [1.82, 2.24) is 9.88 Å². The number of nitrogens with zero attached hydrogens (tertiary/aromatic N) is 3. The van der Waals surface area contributed by atoms with Gasteiger partial charge in [0.05, 0.1) is 31.4 Å². The predicted octanol–water partition coefficient (Wildman–Crippen LogP) is 4.57. The maximum Gasteiger partial charge on any atom is 0.257 e. The average Bonchev–Trinajstić information content (AvgIpc) is 3.14. The van der Waals surface area contributed by atoms with E-state index in [9.17, 15) is 4.79 Å². The van der Waals surface area contributed by atoms with Crippen molar-refractivity contribution in [3.8, 4) is 5.75 Å². The highest BCUT2D eigenvalue weighted by Gasteiger charge is 2.27. The van der Waals surface area contributed by atoms with E-state index in [-0.39, 0.29) is 11.8 Å². The highest BCUT2D eigenvalue weighted by Crippen LogP contribution is 2.29. The van der Waals surface area contributed by atoms with Crippen molar-refractivity contribution in [3.63, 3.8) is 0 Å². The number of carbonyl (C=O) groups excluding carboxylic acids is 1. The summed E-state index contributed by atoms with van der Waals surface area (Å²) in [4.78, 5) is 22.7. The van der Waals surface area contributed by atoms with Crippen LogP contribution in [0.1, 0.15) is 35.2 Å². The van der Waals surface area contributed by atoms with E-state index in [1.54, 1.807) is 7.11 Å². The van der Waals surface area contributed by atoms with Gasteiger partial charge in [0.25, 0.3) is 5.91 Å². The average molecular weight is 460 g/mol. The van der Waals surface area contributed by atoms with E-state index in [1.165, 1.54) is 24.8 Å². The normalized spacial score (nSPS) is 19.1. The van der Waals surface area contributed by atoms with Gasteiger partial charge in [-0.2, -0.15) is 0 Å². The number of benzene rings is 2. The summed E-state index contributed by atoms with van der Waals surface area (Å²) >= 11 is 0. The van der Waals surface area contributed by atoms with Gasteiger partial charge in [-0.3, -0.25) is 9.78 Å². The summed E-state index contributed by atoms with van der Waals surface area (Å²) in [6.07, 6.45) is 6.34. The number of ether oxygens (including phenoxy) is 2. The highest BCUT2D eigenvalue weighted by molar-refractivity contribution is 5.98. The number of hydrogen-bond acceptors (Lipinski definition) is 5. The van der Waals surface area contributed by atoms with Gasteiger partial charge in [-0.15, -0.1) is 0 Å². The molecule has 1 aromatic heterocycles. The van der Waals surface area contributed by atoms with Crippen LogP contribution in [0.15, 0.2) is 54.7 Å². The van der Waals surface area contributed by atoms with E-state index in [4.69, 9.17) is 9.47 Å². The number of fused-ring (bicyclic) bond motifs is 1. The summed E-state index contributed by atoms with van der Waals surface area (Å²) in [6.45, 7) is 4.50. The number of piperidine rings is 1. The molecule has 34 heavy (non-hydrogen) atoms. The summed E-state index contributed by atoms with van der Waals surface area (Å²) in [5.74, 6) is 0.850. The number of pyridine rings is 1. The molecule has 0 N–H and O–H groups in total. The molecular weight excluding hydrogens is 426 g/mol. The fourth-order valence-corrected chi connectivity index (χ4v) is 5.21. The second kappa shape index (κ2) is 10.4. The van der Waals surface area contributed by atoms with Crippen LogP contribution in [-0.4, -0.2) is 62.3 Å². The number of anilines is 1. The van der Waals surface area contributed by atoms with Crippen molar-refractivity contribution in [1.29, 1.82) is 0 Å². The molecule has 2 aliphatic heterocycles. The Bertz CT molecular complexity index is 1140. The van der Waals surface area contributed by atoms with Crippen molar-refractivity contribution in [3.05, 3.63) is 65.9 Å². The quantitative estimate of drug-likeness (QED) is 0.560. The zero-order valence-electron chi connectivity index (χ0n) is 19.9. The first kappa shape index (κ1) is 22.7. The summed E-state index contributed by atoms with van der Waals surface area (Å²) in [5, 5.41) is 1.14. The number of aromatic nitrogens is 1. The molecule has 0 bridgehead atoms. The molecule has 0 radical (unpaired) electrons. The maximum absolute atomic E-state index is 13.7. The summed E-state index contributed by atoms with van der Waals surface area (Å²) < 4.78 is 11.5. The molecule has 3 aromatic rings. The van der Waals surface area contributed by atoms with E-state index in [2.05, 4.69) is 40.2 Å². The van der Waals surface area contributed by atoms with Gasteiger partial charge in [-0.05, 0) is 55.5 Å². The van der Waals surface area contributed by atoms with Crippen LogP contribution in [0.2, 0.25) is 0 Å². The molecule has 3 heterocycles. The van der Waals surface area contributed by atoms with Crippen molar-refractivity contribution in [2.24, 2.45) is 5.92 Å². The van der Waals surface area contributed by atoms with Gasteiger partial charge >= 0.3 is 0 Å². The number of hydrogen-bond donors (Lipinski definition) is 0. The lowest BCUT2D eigenvalue weighted by atomic mass is 9.97. The minimum absolute atomic E-state index is 0.0160. The first-order valence-corrected chi connectivity index (χ1v) is 12.4. The van der Waals surface area contributed by atoms with Crippen molar-refractivity contribution in [2.45, 2.75) is 25.7 Å². The van der Waals surface area contributed by atoms with E-state index in [0.29, 0.717) is 37.6 Å². The zero-order chi connectivity index (χ0) is 23.3. The van der Waals surface area contributed by atoms with Gasteiger partial charge < -0.3 is 19.3 Å². The lowest BCUT2D eigenvalue weighted by molar-refractivity contribution is 0.0734. The molecule has 5 rings (SSSR count). The van der Waals surface area contributed by atoms with Crippen LogP contribution in [0.5, 0.6) is 5.75 Å². The van der Waals surface area contributed by atoms with Gasteiger partial charge in [0.2, 0.25) is 0 Å². The third kappa shape index (κ3) is 4.87. The summed E-state index contributed by atoms with van der Waals surface area (Å²) in [6, 6.07) is 16.4. The number of rotatable bonds is 5. The van der Waals surface area contributed by atoms with Gasteiger partial charge in [0.1, 0.15) is 5.75 Å². The van der Waals surface area contributed by atoms with E-state index < -0.39 is 0 Å². The molecule has 0 aliphatic carbocycles. The lowest BCUT2D eigenvalue weighted by Crippen LogP contribution is -2.37. The van der Waals surface area contributed by atoms with Crippen molar-refractivity contribution in [2.75, 3.05) is 51.4 Å². The number of methoxy groups -OCH3 is 1. The molecule has 2 saturated heterocycles. The molecule has 1 amide bonds. The number of amides is 1. The monoisotopic (exact) mass is 459 g/mol. The van der Waals surface area contributed by atoms with Crippen LogP contribution in [0, 0.1) is 5.92 Å². The Morgan fingerprint density at radius 1 is 1.09 bits per heavy atom. The minimum Gasteiger partial charge on any atom is -0.496 e. The molecule has 0 saturated carbocycles. The standard InChI is InChI=1S/C28H33N3O3/c1-33-26-11-10-24(30-13-3-2-4-14-30)18-25(26)28(32)31-15-16-34-20-21(19-31)17-23-8-5-7-22-9-6-12-29-27(22)23/h5-12,18,21H,2-4,13-17,19-20H2,1H3/t21-/m0/s1. The third-order valence-electron chi connectivity index (χ3n) is 6.98. The predicted molar refractivity (Wildman–Crippen MR) is 135 cm³/mol. The Morgan fingerprint density at radius 2 is 1.94 bits per heavy atom. The third-order valence-corrected chi connectivity index (χ3v) is 6.98. The van der Waals surface area contributed by atoms with E-state index in [0.717, 1.165) is 36.1 Å². The van der Waals surface area contributed by atoms with Crippen LogP contribution < -0.4 is 9.64 Å². The topological polar surface area (TPSA) is 54.9 Å². The van der Waals surface area contributed by atoms with Gasteiger partial charge in [-0.1, -0.05) is 24.3 Å². The second-order valence-corrected chi connectivity index (χ2v) is 9.32. The van der Waals surface area contributed by atoms with Gasteiger partial charge in [0.15, 0.2) is 0 Å². The molecule has 6 nitrogen and oxygen atoms in total. The smallest absolute Gasteiger partial charge is 0.257 e. The fraction of sp³-hybridized carbons (Fsp3) is 0.429. The molecule has 2 aliphatic rings. The first-order chi connectivity index (χ1) is 16.7. The van der Waals surface area contributed by atoms with Gasteiger partial charge in [0, 0.05) is 49.4 Å². The van der Waals surface area contributed by atoms with E-state index >= 15 is 0 Å². The molecule has 178 valence electrons. The zero-order valence-corrected chi connectivity index (χ0v) is 19.9. The van der Waals surface area contributed by atoms with Crippen LogP contribution in [-0.2, 0) is 11.2 Å². The second-order valence-electron chi connectivity index (χ2n) is 9.32. The Labute approximate surface area is 201 Å². The minimum atomic E-state index is 0.0160. The Morgan fingerprint density at radius 3 is 2.79 bits per heavy atom. The largest absolute Gasteiger partial charge is 0.496 e. The van der Waals surface area contributed by atoms with Crippen LogP contribution in [0.4, 0.5) is 5.69 Å². The number of carbonyl (C=O) groups is 1. The van der Waals surface area contributed by atoms with Gasteiger partial charge in [-0.25, -0.2) is 0 Å².